The van der Waals surface area contributed by atoms with Gasteiger partial charge in [-0.3, -0.25) is 0 Å². The molecular formula is C11H14N2. The molecule has 0 aliphatic rings. The first kappa shape index (κ1) is 8.30. The topological polar surface area (TPSA) is 17.3 Å². The van der Waals surface area contributed by atoms with Gasteiger partial charge in [-0.15, -0.1) is 0 Å². The summed E-state index contributed by atoms with van der Waals surface area (Å²) in [6.45, 7) is 2.22. The Morgan fingerprint density at radius 1 is 1.38 bits per heavy atom. The summed E-state index contributed by atoms with van der Waals surface area (Å²) in [6, 6.07) is 4.33. The molecular weight excluding hydrogens is 160 g/mol. The highest BCUT2D eigenvalue weighted by Crippen LogP contribution is 2.08. The fourth-order valence-electron chi connectivity index (χ4n) is 1.49. The van der Waals surface area contributed by atoms with Crippen molar-refractivity contribution >= 4 is 5.65 Å². The molecule has 0 amide bonds. The van der Waals surface area contributed by atoms with Crippen LogP contribution >= 0.6 is 0 Å². The fraction of sp³-hybridized carbons (Fsp3) is 0.364. The Balaban J connectivity index is 2.26. The molecule has 0 fully saturated rings. The molecule has 0 aliphatic heterocycles. The molecule has 2 heteroatoms. The van der Waals surface area contributed by atoms with Crippen molar-refractivity contribution in [2.24, 2.45) is 0 Å². The number of aromatic nitrogens is 2. The lowest BCUT2D eigenvalue weighted by Crippen LogP contribution is -1.88. The van der Waals surface area contributed by atoms with E-state index in [1.165, 1.54) is 24.8 Å². The second-order valence-electron chi connectivity index (χ2n) is 3.33. The summed E-state index contributed by atoms with van der Waals surface area (Å²) in [4.78, 5) is 4.25. The molecule has 0 spiro atoms. The number of hydrogen-bond acceptors (Lipinski definition) is 1. The van der Waals surface area contributed by atoms with Crippen LogP contribution in [0.1, 0.15) is 25.3 Å². The second-order valence-corrected chi connectivity index (χ2v) is 3.33. The van der Waals surface area contributed by atoms with Crippen molar-refractivity contribution in [2.75, 3.05) is 0 Å². The molecule has 0 N–H and O–H groups in total. The third-order valence-electron chi connectivity index (χ3n) is 2.28. The Bertz CT molecular complexity index is 390. The van der Waals surface area contributed by atoms with E-state index in [2.05, 4.69) is 30.2 Å². The van der Waals surface area contributed by atoms with Crippen LogP contribution in [-0.4, -0.2) is 9.38 Å². The number of aryl methyl sites for hydroxylation is 1. The molecule has 0 unspecified atom stereocenters. The third-order valence-corrected chi connectivity index (χ3v) is 2.28. The maximum atomic E-state index is 4.25. The molecule has 2 aromatic heterocycles. The van der Waals surface area contributed by atoms with Crippen LogP contribution in [0.5, 0.6) is 0 Å². The molecule has 0 saturated carbocycles. The molecule has 0 aliphatic carbocycles. The average molecular weight is 174 g/mol. The van der Waals surface area contributed by atoms with E-state index in [1.807, 2.05) is 16.8 Å². The normalized spacial score (nSPS) is 10.8. The van der Waals surface area contributed by atoms with E-state index in [1.54, 1.807) is 0 Å². The zero-order valence-corrected chi connectivity index (χ0v) is 7.90. The van der Waals surface area contributed by atoms with Gasteiger partial charge < -0.3 is 4.40 Å². The van der Waals surface area contributed by atoms with Gasteiger partial charge in [-0.2, -0.15) is 0 Å². The Labute approximate surface area is 78.2 Å². The van der Waals surface area contributed by atoms with Gasteiger partial charge in [0.25, 0.3) is 0 Å². The van der Waals surface area contributed by atoms with Crippen molar-refractivity contribution in [1.82, 2.24) is 9.38 Å². The SMILES string of the molecule is CCCCc1ccn2ccnc2c1. The largest absolute Gasteiger partial charge is 0.307 e. The molecule has 0 radical (unpaired) electrons. The monoisotopic (exact) mass is 174 g/mol. The summed E-state index contributed by atoms with van der Waals surface area (Å²) in [7, 11) is 0. The van der Waals surface area contributed by atoms with Crippen molar-refractivity contribution in [3.05, 3.63) is 36.3 Å². The summed E-state index contributed by atoms with van der Waals surface area (Å²) < 4.78 is 2.04. The van der Waals surface area contributed by atoms with E-state index in [9.17, 15) is 0 Å². The van der Waals surface area contributed by atoms with Gasteiger partial charge in [0.1, 0.15) is 5.65 Å². The van der Waals surface area contributed by atoms with Crippen LogP contribution in [0.15, 0.2) is 30.7 Å². The van der Waals surface area contributed by atoms with E-state index in [-0.39, 0.29) is 0 Å². The first-order valence-corrected chi connectivity index (χ1v) is 4.82. The standard InChI is InChI=1S/C11H14N2/c1-2-3-4-10-5-7-13-8-6-12-11(13)9-10/h5-9H,2-4H2,1H3. The summed E-state index contributed by atoms with van der Waals surface area (Å²) in [5, 5.41) is 0. The lowest BCUT2D eigenvalue weighted by atomic mass is 10.1. The molecule has 2 heterocycles. The maximum Gasteiger partial charge on any atom is 0.136 e. The average Bonchev–Trinajstić information content (AvgIpc) is 2.61. The highest BCUT2D eigenvalue weighted by molar-refractivity contribution is 5.41. The van der Waals surface area contributed by atoms with Crippen LogP contribution in [0.4, 0.5) is 0 Å². The zero-order valence-electron chi connectivity index (χ0n) is 7.90. The predicted octanol–water partition coefficient (Wildman–Crippen LogP) is 2.68. The van der Waals surface area contributed by atoms with Crippen LogP contribution in [-0.2, 0) is 6.42 Å². The highest BCUT2D eigenvalue weighted by Gasteiger charge is 1.95. The van der Waals surface area contributed by atoms with Crippen molar-refractivity contribution in [1.29, 1.82) is 0 Å². The van der Waals surface area contributed by atoms with Gasteiger partial charge in [-0.1, -0.05) is 13.3 Å². The minimum Gasteiger partial charge on any atom is -0.307 e. The molecule has 2 aromatic rings. The molecule has 13 heavy (non-hydrogen) atoms. The summed E-state index contributed by atoms with van der Waals surface area (Å²) in [5.74, 6) is 0. The van der Waals surface area contributed by atoms with Gasteiger partial charge in [0.15, 0.2) is 0 Å². The molecule has 68 valence electrons. The smallest absolute Gasteiger partial charge is 0.136 e. The molecule has 0 aromatic carbocycles. The minimum atomic E-state index is 1.05. The van der Waals surface area contributed by atoms with Crippen molar-refractivity contribution < 1.29 is 0 Å². The Morgan fingerprint density at radius 2 is 2.31 bits per heavy atom. The number of unbranched alkanes of at least 4 members (excludes halogenated alkanes) is 1. The molecule has 0 bridgehead atoms. The van der Waals surface area contributed by atoms with Gasteiger partial charge in [0, 0.05) is 18.6 Å². The van der Waals surface area contributed by atoms with Gasteiger partial charge in [0.2, 0.25) is 0 Å². The van der Waals surface area contributed by atoms with Crippen molar-refractivity contribution in [2.45, 2.75) is 26.2 Å². The minimum absolute atomic E-state index is 1.05. The third kappa shape index (κ3) is 1.72. The van der Waals surface area contributed by atoms with E-state index in [0.29, 0.717) is 0 Å². The summed E-state index contributed by atoms with van der Waals surface area (Å²) in [6.07, 6.45) is 9.56. The quantitative estimate of drug-likeness (QED) is 0.699. The van der Waals surface area contributed by atoms with Crippen molar-refractivity contribution in [3.8, 4) is 0 Å². The van der Waals surface area contributed by atoms with E-state index in [4.69, 9.17) is 0 Å². The lowest BCUT2D eigenvalue weighted by molar-refractivity contribution is 0.794. The molecule has 0 saturated heterocycles. The predicted molar refractivity (Wildman–Crippen MR) is 53.8 cm³/mol. The number of nitrogens with zero attached hydrogens (tertiary/aromatic N) is 2. The van der Waals surface area contributed by atoms with E-state index >= 15 is 0 Å². The second kappa shape index (κ2) is 3.60. The Hall–Kier alpha value is -1.31. The Kier molecular flexibility index (Phi) is 2.30. The van der Waals surface area contributed by atoms with Gasteiger partial charge in [0.05, 0.1) is 0 Å². The molecule has 0 atom stereocenters. The van der Waals surface area contributed by atoms with Crippen LogP contribution in [0.2, 0.25) is 0 Å². The zero-order chi connectivity index (χ0) is 9.10. The van der Waals surface area contributed by atoms with Crippen LogP contribution in [0.25, 0.3) is 5.65 Å². The lowest BCUT2D eigenvalue weighted by Gasteiger charge is -1.99. The van der Waals surface area contributed by atoms with E-state index < -0.39 is 0 Å². The van der Waals surface area contributed by atoms with Crippen LogP contribution in [0.3, 0.4) is 0 Å². The van der Waals surface area contributed by atoms with Gasteiger partial charge >= 0.3 is 0 Å². The summed E-state index contributed by atoms with van der Waals surface area (Å²) >= 11 is 0. The first-order valence-electron chi connectivity index (χ1n) is 4.82. The number of rotatable bonds is 3. The Morgan fingerprint density at radius 3 is 3.15 bits per heavy atom. The van der Waals surface area contributed by atoms with Crippen molar-refractivity contribution in [3.63, 3.8) is 0 Å². The number of imidazole rings is 1. The first-order chi connectivity index (χ1) is 6.40. The number of hydrogen-bond donors (Lipinski definition) is 0. The highest BCUT2D eigenvalue weighted by atomic mass is 15.0. The van der Waals surface area contributed by atoms with Crippen LogP contribution < -0.4 is 0 Å². The van der Waals surface area contributed by atoms with E-state index in [0.717, 1.165) is 5.65 Å². The number of pyridine rings is 1. The number of fused-ring (bicyclic) bond motifs is 1. The summed E-state index contributed by atoms with van der Waals surface area (Å²) in [5.41, 5.74) is 2.44. The van der Waals surface area contributed by atoms with Crippen LogP contribution in [0, 0.1) is 0 Å². The molecule has 2 nitrogen and oxygen atoms in total. The van der Waals surface area contributed by atoms with Gasteiger partial charge in [-0.05, 0) is 30.5 Å². The van der Waals surface area contributed by atoms with Gasteiger partial charge in [-0.25, -0.2) is 4.98 Å². The maximum absolute atomic E-state index is 4.25. The fourth-order valence-corrected chi connectivity index (χ4v) is 1.49. The molecule has 2 rings (SSSR count).